The smallest absolute Gasteiger partial charge is 0.333 e. The van der Waals surface area contributed by atoms with Crippen molar-refractivity contribution in [2.75, 3.05) is 19.4 Å². The number of benzene rings is 1. The summed E-state index contributed by atoms with van der Waals surface area (Å²) in [5, 5.41) is 0. The molecule has 0 heterocycles. The first-order chi connectivity index (χ1) is 8.47. The van der Waals surface area contributed by atoms with E-state index in [1.807, 2.05) is 0 Å². The SMILES string of the molecule is CCOC(=O)[C@@H](c1ccc(N)cc1)N(C)C(C)=O. The Morgan fingerprint density at radius 3 is 2.33 bits per heavy atom. The lowest BCUT2D eigenvalue weighted by Gasteiger charge is -2.25. The number of nitrogen functional groups attached to an aromatic ring is 1. The molecule has 0 unspecified atom stereocenters. The Balaban J connectivity index is 3.07. The fourth-order valence-corrected chi connectivity index (χ4v) is 1.60. The minimum absolute atomic E-state index is 0.204. The van der Waals surface area contributed by atoms with Gasteiger partial charge < -0.3 is 15.4 Å². The molecule has 1 amide bonds. The van der Waals surface area contributed by atoms with E-state index in [2.05, 4.69) is 0 Å². The van der Waals surface area contributed by atoms with Crippen LogP contribution >= 0.6 is 0 Å². The number of rotatable bonds is 4. The van der Waals surface area contributed by atoms with Gasteiger partial charge >= 0.3 is 5.97 Å². The second-order valence-corrected chi connectivity index (χ2v) is 3.95. The van der Waals surface area contributed by atoms with E-state index in [1.54, 1.807) is 38.2 Å². The molecule has 98 valence electrons. The van der Waals surface area contributed by atoms with Gasteiger partial charge in [0.05, 0.1) is 6.61 Å². The lowest BCUT2D eigenvalue weighted by molar-refractivity contribution is -0.153. The fraction of sp³-hybridized carbons (Fsp3) is 0.385. The molecule has 0 aliphatic carbocycles. The molecule has 0 saturated carbocycles. The summed E-state index contributed by atoms with van der Waals surface area (Å²) in [6, 6.07) is 6.08. The molecule has 0 fully saturated rings. The average Bonchev–Trinajstić information content (AvgIpc) is 2.32. The largest absolute Gasteiger partial charge is 0.464 e. The Morgan fingerprint density at radius 2 is 1.89 bits per heavy atom. The summed E-state index contributed by atoms with van der Waals surface area (Å²) in [5.41, 5.74) is 6.89. The number of hydrogen-bond acceptors (Lipinski definition) is 4. The summed E-state index contributed by atoms with van der Waals surface area (Å²) in [4.78, 5) is 24.7. The maximum Gasteiger partial charge on any atom is 0.333 e. The Bertz CT molecular complexity index is 428. The summed E-state index contributed by atoms with van der Waals surface area (Å²) in [7, 11) is 1.57. The molecule has 1 aromatic rings. The van der Waals surface area contributed by atoms with Crippen LogP contribution in [0.4, 0.5) is 5.69 Å². The van der Waals surface area contributed by atoms with Crippen molar-refractivity contribution in [3.05, 3.63) is 29.8 Å². The van der Waals surface area contributed by atoms with Gasteiger partial charge in [-0.2, -0.15) is 0 Å². The molecule has 0 saturated heterocycles. The molecule has 5 nitrogen and oxygen atoms in total. The van der Waals surface area contributed by atoms with Gasteiger partial charge in [-0.3, -0.25) is 4.79 Å². The van der Waals surface area contributed by atoms with Crippen molar-refractivity contribution >= 4 is 17.6 Å². The van der Waals surface area contributed by atoms with Crippen LogP contribution in [0.5, 0.6) is 0 Å². The van der Waals surface area contributed by atoms with Crippen LogP contribution in [-0.4, -0.2) is 30.4 Å². The van der Waals surface area contributed by atoms with Gasteiger partial charge in [-0.15, -0.1) is 0 Å². The highest BCUT2D eigenvalue weighted by Crippen LogP contribution is 2.22. The van der Waals surface area contributed by atoms with Gasteiger partial charge in [0.25, 0.3) is 0 Å². The van der Waals surface area contributed by atoms with Crippen molar-refractivity contribution in [2.45, 2.75) is 19.9 Å². The van der Waals surface area contributed by atoms with Crippen LogP contribution in [0, 0.1) is 0 Å². The fourth-order valence-electron chi connectivity index (χ4n) is 1.60. The molecule has 2 N–H and O–H groups in total. The van der Waals surface area contributed by atoms with Crippen LogP contribution < -0.4 is 5.73 Å². The average molecular weight is 250 g/mol. The van der Waals surface area contributed by atoms with E-state index < -0.39 is 12.0 Å². The van der Waals surface area contributed by atoms with E-state index in [4.69, 9.17) is 10.5 Å². The van der Waals surface area contributed by atoms with Gasteiger partial charge in [0.1, 0.15) is 0 Å². The number of likely N-dealkylation sites (N-methyl/N-ethyl adjacent to an activating group) is 1. The zero-order valence-corrected chi connectivity index (χ0v) is 10.8. The normalized spacial score (nSPS) is 11.7. The lowest BCUT2D eigenvalue weighted by atomic mass is 10.1. The number of carbonyl (C=O) groups is 2. The second-order valence-electron chi connectivity index (χ2n) is 3.95. The number of nitrogens with zero attached hydrogens (tertiary/aromatic N) is 1. The van der Waals surface area contributed by atoms with Crippen LogP contribution in [-0.2, 0) is 14.3 Å². The third-order valence-corrected chi connectivity index (χ3v) is 2.65. The highest BCUT2D eigenvalue weighted by molar-refractivity contribution is 5.84. The summed E-state index contributed by atoms with van der Waals surface area (Å²) < 4.78 is 5.00. The maximum atomic E-state index is 11.9. The molecule has 1 atom stereocenters. The molecule has 1 rings (SSSR count). The molecule has 5 heteroatoms. The number of amides is 1. The molecule has 0 bridgehead atoms. The quantitative estimate of drug-likeness (QED) is 0.646. The predicted molar refractivity (Wildman–Crippen MR) is 68.7 cm³/mol. The first-order valence-corrected chi connectivity index (χ1v) is 5.72. The standard InChI is InChI=1S/C13H18N2O3/c1-4-18-13(17)12(15(3)9(2)16)10-5-7-11(14)8-6-10/h5-8,12H,4,14H2,1-3H3/t12-/m1/s1. The van der Waals surface area contributed by atoms with Gasteiger partial charge in [0.2, 0.25) is 5.91 Å². The van der Waals surface area contributed by atoms with Gasteiger partial charge in [-0.1, -0.05) is 12.1 Å². The number of carbonyl (C=O) groups excluding carboxylic acids is 2. The Morgan fingerprint density at radius 1 is 1.33 bits per heavy atom. The zero-order valence-electron chi connectivity index (χ0n) is 10.8. The third kappa shape index (κ3) is 3.23. The summed E-state index contributed by atoms with van der Waals surface area (Å²) in [6.07, 6.45) is 0. The number of esters is 1. The second kappa shape index (κ2) is 6.05. The molecule has 0 aliphatic rings. The van der Waals surface area contributed by atoms with Crippen molar-refractivity contribution in [3.63, 3.8) is 0 Å². The third-order valence-electron chi connectivity index (χ3n) is 2.65. The molecule has 0 aromatic heterocycles. The van der Waals surface area contributed by atoms with E-state index in [-0.39, 0.29) is 12.5 Å². The Hall–Kier alpha value is -2.04. The first kappa shape index (κ1) is 14.0. The van der Waals surface area contributed by atoms with E-state index in [0.29, 0.717) is 11.3 Å². The predicted octanol–water partition coefficient (Wildman–Crippen LogP) is 1.35. The number of ether oxygens (including phenoxy) is 1. The van der Waals surface area contributed by atoms with E-state index >= 15 is 0 Å². The summed E-state index contributed by atoms with van der Waals surface area (Å²) >= 11 is 0. The minimum atomic E-state index is -0.733. The first-order valence-electron chi connectivity index (χ1n) is 5.72. The van der Waals surface area contributed by atoms with Crippen LogP contribution in [0.2, 0.25) is 0 Å². The molecular weight excluding hydrogens is 232 g/mol. The highest BCUT2D eigenvalue weighted by Gasteiger charge is 2.28. The minimum Gasteiger partial charge on any atom is -0.464 e. The van der Waals surface area contributed by atoms with Crippen LogP contribution in [0.1, 0.15) is 25.5 Å². The molecule has 0 aliphatic heterocycles. The van der Waals surface area contributed by atoms with Crippen LogP contribution in [0.25, 0.3) is 0 Å². The lowest BCUT2D eigenvalue weighted by Crippen LogP contribution is -2.35. The van der Waals surface area contributed by atoms with Gasteiger partial charge in [-0.05, 0) is 24.6 Å². The van der Waals surface area contributed by atoms with Crippen LogP contribution in [0.3, 0.4) is 0 Å². The zero-order chi connectivity index (χ0) is 13.7. The van der Waals surface area contributed by atoms with Gasteiger partial charge in [-0.25, -0.2) is 4.79 Å². The van der Waals surface area contributed by atoms with Crippen molar-refractivity contribution in [2.24, 2.45) is 0 Å². The van der Waals surface area contributed by atoms with E-state index in [9.17, 15) is 9.59 Å². The topological polar surface area (TPSA) is 72.6 Å². The summed E-state index contributed by atoms with van der Waals surface area (Å²) in [6.45, 7) is 3.41. The van der Waals surface area contributed by atoms with Crippen molar-refractivity contribution in [1.82, 2.24) is 4.90 Å². The van der Waals surface area contributed by atoms with Gasteiger partial charge in [0.15, 0.2) is 6.04 Å². The Labute approximate surface area is 107 Å². The maximum absolute atomic E-state index is 11.9. The number of nitrogens with two attached hydrogens (primary N) is 1. The molecule has 0 radical (unpaired) electrons. The summed E-state index contributed by atoms with van der Waals surface area (Å²) in [5.74, 6) is -0.648. The van der Waals surface area contributed by atoms with Gasteiger partial charge in [0, 0.05) is 19.7 Å². The molecular formula is C13H18N2O3. The van der Waals surface area contributed by atoms with E-state index in [0.717, 1.165) is 0 Å². The molecule has 1 aromatic carbocycles. The monoisotopic (exact) mass is 250 g/mol. The molecule has 18 heavy (non-hydrogen) atoms. The van der Waals surface area contributed by atoms with E-state index in [1.165, 1.54) is 11.8 Å². The van der Waals surface area contributed by atoms with Crippen LogP contribution in [0.15, 0.2) is 24.3 Å². The van der Waals surface area contributed by atoms with Crippen molar-refractivity contribution < 1.29 is 14.3 Å². The van der Waals surface area contributed by atoms with Crippen molar-refractivity contribution in [3.8, 4) is 0 Å². The number of hydrogen-bond donors (Lipinski definition) is 1. The molecule has 0 spiro atoms. The Kier molecular flexibility index (Phi) is 4.71. The van der Waals surface area contributed by atoms with Crippen molar-refractivity contribution in [1.29, 1.82) is 0 Å². The highest BCUT2D eigenvalue weighted by atomic mass is 16.5. The number of anilines is 1.